The summed E-state index contributed by atoms with van der Waals surface area (Å²) in [7, 11) is 0. The third-order valence-corrected chi connectivity index (χ3v) is 0.977. The van der Waals surface area contributed by atoms with Gasteiger partial charge in [-0.05, 0) is 19.8 Å². The first-order valence-electron chi connectivity index (χ1n) is 3.50. The van der Waals surface area contributed by atoms with Crippen LogP contribution >= 0.6 is 0 Å². The maximum absolute atomic E-state index is 4.17. The van der Waals surface area contributed by atoms with Crippen molar-refractivity contribution >= 4 is 6.21 Å². The van der Waals surface area contributed by atoms with Gasteiger partial charge in [0.05, 0.1) is 0 Å². The molecule has 0 saturated carbocycles. The zero-order valence-electron chi connectivity index (χ0n) is 6.52. The fourth-order valence-electron chi connectivity index (χ4n) is 0.583. The van der Waals surface area contributed by atoms with Gasteiger partial charge in [-0.25, -0.2) is 0 Å². The molecule has 0 heterocycles. The minimum absolute atomic E-state index is 1.02. The first-order valence-corrected chi connectivity index (χ1v) is 3.50. The van der Waals surface area contributed by atoms with E-state index in [1.54, 1.807) is 0 Å². The standard InChI is InChI=1S/C8H15N/c1-4-6-8(3)9-7-5-2/h6-7H,4-5H2,1-3H3/b8-6+,9-7?. The molecule has 0 radical (unpaired) electrons. The zero-order valence-corrected chi connectivity index (χ0v) is 6.52. The summed E-state index contributed by atoms with van der Waals surface area (Å²) in [5.74, 6) is 0. The number of hydrogen-bond acceptors (Lipinski definition) is 1. The van der Waals surface area contributed by atoms with E-state index in [9.17, 15) is 0 Å². The van der Waals surface area contributed by atoms with E-state index in [-0.39, 0.29) is 0 Å². The van der Waals surface area contributed by atoms with Crippen LogP contribution in [0.25, 0.3) is 0 Å². The molecule has 1 nitrogen and oxygen atoms in total. The van der Waals surface area contributed by atoms with Crippen LogP contribution in [-0.4, -0.2) is 6.21 Å². The first kappa shape index (κ1) is 8.41. The van der Waals surface area contributed by atoms with Crippen LogP contribution in [0.4, 0.5) is 0 Å². The molecule has 0 aromatic carbocycles. The predicted octanol–water partition coefficient (Wildman–Crippen LogP) is 2.78. The van der Waals surface area contributed by atoms with Crippen LogP contribution in [0, 0.1) is 0 Å². The van der Waals surface area contributed by atoms with E-state index in [4.69, 9.17) is 0 Å². The second-order valence-corrected chi connectivity index (χ2v) is 1.97. The quantitative estimate of drug-likeness (QED) is 0.514. The van der Waals surface area contributed by atoms with E-state index in [1.807, 2.05) is 13.1 Å². The Morgan fingerprint density at radius 3 is 2.44 bits per heavy atom. The summed E-state index contributed by atoms with van der Waals surface area (Å²) in [6, 6.07) is 0. The monoisotopic (exact) mass is 125 g/mol. The van der Waals surface area contributed by atoms with Crippen LogP contribution in [-0.2, 0) is 0 Å². The number of nitrogens with zero attached hydrogens (tertiary/aromatic N) is 1. The van der Waals surface area contributed by atoms with Crippen LogP contribution in [0.5, 0.6) is 0 Å². The molecule has 0 aromatic rings. The van der Waals surface area contributed by atoms with Gasteiger partial charge in [-0.3, -0.25) is 4.99 Å². The lowest BCUT2D eigenvalue weighted by molar-refractivity contribution is 1.15. The maximum atomic E-state index is 4.17. The van der Waals surface area contributed by atoms with Crippen molar-refractivity contribution in [1.29, 1.82) is 0 Å². The Labute approximate surface area is 57.5 Å². The Hall–Kier alpha value is -0.590. The van der Waals surface area contributed by atoms with Gasteiger partial charge in [0.15, 0.2) is 0 Å². The molecule has 52 valence electrons. The fraction of sp³-hybridized carbons (Fsp3) is 0.625. The molecule has 0 fully saturated rings. The zero-order chi connectivity index (χ0) is 7.11. The largest absolute Gasteiger partial charge is 0.266 e. The third kappa shape index (κ3) is 5.28. The number of allylic oxidation sites excluding steroid dienone is 2. The summed E-state index contributed by atoms with van der Waals surface area (Å²) in [6.45, 7) is 6.23. The Balaban J connectivity index is 3.60. The second kappa shape index (κ2) is 5.54. The van der Waals surface area contributed by atoms with Crippen molar-refractivity contribution in [1.82, 2.24) is 0 Å². The smallest absolute Gasteiger partial charge is 0.0328 e. The molecule has 9 heavy (non-hydrogen) atoms. The van der Waals surface area contributed by atoms with E-state index in [1.165, 1.54) is 0 Å². The van der Waals surface area contributed by atoms with Crippen molar-refractivity contribution < 1.29 is 0 Å². The average molecular weight is 125 g/mol. The molecule has 0 bridgehead atoms. The molecule has 0 saturated heterocycles. The molecule has 0 aliphatic rings. The summed E-state index contributed by atoms with van der Waals surface area (Å²) < 4.78 is 0. The Bertz CT molecular complexity index is 112. The normalized spacial score (nSPS) is 13.0. The molecular weight excluding hydrogens is 110 g/mol. The topological polar surface area (TPSA) is 12.4 Å². The summed E-state index contributed by atoms with van der Waals surface area (Å²) >= 11 is 0. The molecule has 0 unspecified atom stereocenters. The molecule has 0 atom stereocenters. The highest BCUT2D eigenvalue weighted by molar-refractivity contribution is 5.58. The van der Waals surface area contributed by atoms with Gasteiger partial charge in [-0.2, -0.15) is 0 Å². The van der Waals surface area contributed by atoms with Crippen LogP contribution in [0.2, 0.25) is 0 Å². The van der Waals surface area contributed by atoms with Crippen LogP contribution in [0.3, 0.4) is 0 Å². The van der Waals surface area contributed by atoms with Gasteiger partial charge < -0.3 is 0 Å². The van der Waals surface area contributed by atoms with E-state index >= 15 is 0 Å². The van der Waals surface area contributed by atoms with Crippen molar-refractivity contribution in [2.24, 2.45) is 4.99 Å². The van der Waals surface area contributed by atoms with Gasteiger partial charge in [0, 0.05) is 11.9 Å². The summed E-state index contributed by atoms with van der Waals surface area (Å²) in [5.41, 5.74) is 1.12. The van der Waals surface area contributed by atoms with E-state index < -0.39 is 0 Å². The Morgan fingerprint density at radius 1 is 1.33 bits per heavy atom. The first-order chi connectivity index (χ1) is 4.31. The minimum atomic E-state index is 1.02. The van der Waals surface area contributed by atoms with Crippen molar-refractivity contribution in [2.45, 2.75) is 33.6 Å². The van der Waals surface area contributed by atoms with Crippen molar-refractivity contribution in [3.63, 3.8) is 0 Å². The van der Waals surface area contributed by atoms with Crippen molar-refractivity contribution in [3.8, 4) is 0 Å². The fourth-order valence-corrected chi connectivity index (χ4v) is 0.583. The second-order valence-electron chi connectivity index (χ2n) is 1.97. The van der Waals surface area contributed by atoms with Gasteiger partial charge in [0.1, 0.15) is 0 Å². The Kier molecular flexibility index (Phi) is 5.18. The van der Waals surface area contributed by atoms with Gasteiger partial charge >= 0.3 is 0 Å². The minimum Gasteiger partial charge on any atom is -0.266 e. The summed E-state index contributed by atoms with van der Waals surface area (Å²) in [6.07, 6.45) is 6.15. The van der Waals surface area contributed by atoms with Crippen molar-refractivity contribution in [2.75, 3.05) is 0 Å². The predicted molar refractivity (Wildman–Crippen MR) is 42.8 cm³/mol. The molecule has 0 amide bonds. The number of rotatable bonds is 3. The highest BCUT2D eigenvalue weighted by Gasteiger charge is 1.76. The van der Waals surface area contributed by atoms with Crippen LogP contribution in [0.15, 0.2) is 16.8 Å². The molecule has 0 spiro atoms. The third-order valence-electron chi connectivity index (χ3n) is 0.977. The van der Waals surface area contributed by atoms with E-state index in [2.05, 4.69) is 24.9 Å². The van der Waals surface area contributed by atoms with Crippen LogP contribution in [0.1, 0.15) is 33.6 Å². The lowest BCUT2D eigenvalue weighted by atomic mass is 10.4. The average Bonchev–Trinajstić information content (AvgIpc) is 1.85. The number of aliphatic imine (C=N–C) groups is 1. The molecule has 0 rings (SSSR count). The number of hydrogen-bond donors (Lipinski definition) is 0. The summed E-state index contributed by atoms with van der Waals surface area (Å²) in [5, 5.41) is 0. The lowest BCUT2D eigenvalue weighted by Crippen LogP contribution is -1.71. The highest BCUT2D eigenvalue weighted by Crippen LogP contribution is 1.94. The molecule has 1 heteroatoms. The summed E-state index contributed by atoms with van der Waals surface area (Å²) in [4.78, 5) is 4.17. The highest BCUT2D eigenvalue weighted by atomic mass is 14.7. The van der Waals surface area contributed by atoms with Gasteiger partial charge in [-0.1, -0.05) is 19.9 Å². The molecule has 0 aromatic heterocycles. The molecular formula is C8H15N. The lowest BCUT2D eigenvalue weighted by Gasteiger charge is -1.87. The van der Waals surface area contributed by atoms with Crippen LogP contribution < -0.4 is 0 Å². The van der Waals surface area contributed by atoms with Gasteiger partial charge in [0.25, 0.3) is 0 Å². The molecule has 0 aliphatic carbocycles. The molecule has 0 aliphatic heterocycles. The molecule has 0 N–H and O–H groups in total. The van der Waals surface area contributed by atoms with E-state index in [0.29, 0.717) is 0 Å². The van der Waals surface area contributed by atoms with E-state index in [0.717, 1.165) is 18.5 Å². The Morgan fingerprint density at radius 2 is 2.00 bits per heavy atom. The maximum Gasteiger partial charge on any atom is 0.0328 e. The van der Waals surface area contributed by atoms with Gasteiger partial charge in [0.2, 0.25) is 0 Å². The van der Waals surface area contributed by atoms with Gasteiger partial charge in [-0.15, -0.1) is 0 Å². The SMILES string of the molecule is CCC=N/C(C)=C/CC. The van der Waals surface area contributed by atoms with Crippen molar-refractivity contribution in [3.05, 3.63) is 11.8 Å².